The van der Waals surface area contributed by atoms with Gasteiger partial charge in [0.05, 0.1) is 11.3 Å². The Morgan fingerprint density at radius 3 is 2.25 bits per heavy atom. The lowest BCUT2D eigenvalue weighted by molar-refractivity contribution is -0.116. The third-order valence-corrected chi connectivity index (χ3v) is 4.51. The molecule has 3 aromatic rings. The first kappa shape index (κ1) is 19.5. The molecule has 0 saturated heterocycles. The highest BCUT2D eigenvalue weighted by molar-refractivity contribution is 9.10. The van der Waals surface area contributed by atoms with Gasteiger partial charge in [0.1, 0.15) is 23.6 Å². The molecular weight excluding hydrogens is 418 g/mol. The Balaban J connectivity index is 1.59. The Labute approximate surface area is 172 Å². The van der Waals surface area contributed by atoms with Crippen LogP contribution in [0.2, 0.25) is 0 Å². The molecule has 0 radical (unpaired) electrons. The van der Waals surface area contributed by atoms with Gasteiger partial charge in [0.2, 0.25) is 5.91 Å². The maximum Gasteiger partial charge on any atom is 0.246 e. The molecule has 28 heavy (non-hydrogen) atoms. The standard InChI is InChI=1S/C22H18BrN3O2/c1-15(22(27)26-21-5-3-2-4-16(21)14-24)25-18-8-12-20(13-9-18)28-19-10-6-17(23)7-11-19/h2-13,15,25H,1H3,(H,26,27)/t15-/m0/s1. The maximum absolute atomic E-state index is 12.4. The summed E-state index contributed by atoms with van der Waals surface area (Å²) in [7, 11) is 0. The second kappa shape index (κ2) is 9.07. The topological polar surface area (TPSA) is 74.2 Å². The van der Waals surface area contributed by atoms with E-state index in [0.717, 1.165) is 15.9 Å². The molecule has 0 aliphatic carbocycles. The predicted octanol–water partition coefficient (Wildman–Crippen LogP) is 5.55. The van der Waals surface area contributed by atoms with Crippen LogP contribution < -0.4 is 15.4 Å². The van der Waals surface area contributed by atoms with E-state index in [4.69, 9.17) is 10.00 Å². The van der Waals surface area contributed by atoms with Crippen LogP contribution in [-0.4, -0.2) is 11.9 Å². The van der Waals surface area contributed by atoms with Crippen molar-refractivity contribution in [3.8, 4) is 17.6 Å². The number of halogens is 1. The van der Waals surface area contributed by atoms with E-state index in [-0.39, 0.29) is 5.91 Å². The molecule has 5 nitrogen and oxygen atoms in total. The SMILES string of the molecule is C[C@H](Nc1ccc(Oc2ccc(Br)cc2)cc1)C(=O)Nc1ccccc1C#N. The number of carbonyl (C=O) groups is 1. The fourth-order valence-electron chi connectivity index (χ4n) is 2.50. The molecule has 1 amide bonds. The molecule has 3 rings (SSSR count). The highest BCUT2D eigenvalue weighted by Crippen LogP contribution is 2.25. The zero-order valence-electron chi connectivity index (χ0n) is 15.1. The minimum absolute atomic E-state index is 0.224. The van der Waals surface area contributed by atoms with Crippen LogP contribution >= 0.6 is 15.9 Å². The van der Waals surface area contributed by atoms with Crippen molar-refractivity contribution in [1.29, 1.82) is 5.26 Å². The Bertz CT molecular complexity index is 996. The molecule has 2 N–H and O–H groups in total. The van der Waals surface area contributed by atoms with Crippen molar-refractivity contribution >= 4 is 33.2 Å². The van der Waals surface area contributed by atoms with Crippen LogP contribution in [0.1, 0.15) is 12.5 Å². The molecule has 0 heterocycles. The van der Waals surface area contributed by atoms with E-state index in [0.29, 0.717) is 17.0 Å². The van der Waals surface area contributed by atoms with Crippen molar-refractivity contribution < 1.29 is 9.53 Å². The molecular formula is C22H18BrN3O2. The molecule has 6 heteroatoms. The average Bonchev–Trinajstić information content (AvgIpc) is 2.71. The first-order valence-corrected chi connectivity index (χ1v) is 9.44. The van der Waals surface area contributed by atoms with Crippen LogP contribution in [0, 0.1) is 11.3 Å². The number of para-hydroxylation sites is 1. The number of nitrogens with one attached hydrogen (secondary N) is 2. The second-order valence-corrected chi connectivity index (χ2v) is 7.01. The number of nitriles is 1. The van der Waals surface area contributed by atoms with Crippen LogP contribution in [-0.2, 0) is 4.79 Å². The number of rotatable bonds is 6. The smallest absolute Gasteiger partial charge is 0.246 e. The van der Waals surface area contributed by atoms with Gasteiger partial charge in [-0.05, 0) is 67.6 Å². The number of ether oxygens (including phenoxy) is 1. The van der Waals surface area contributed by atoms with Gasteiger partial charge in [-0.3, -0.25) is 4.79 Å². The minimum atomic E-state index is -0.481. The lowest BCUT2D eigenvalue weighted by Gasteiger charge is -2.16. The van der Waals surface area contributed by atoms with Crippen molar-refractivity contribution in [2.45, 2.75) is 13.0 Å². The van der Waals surface area contributed by atoms with E-state index in [1.54, 1.807) is 31.2 Å². The number of hydrogen-bond acceptors (Lipinski definition) is 4. The lowest BCUT2D eigenvalue weighted by Crippen LogP contribution is -2.32. The van der Waals surface area contributed by atoms with Crippen molar-refractivity contribution in [2.75, 3.05) is 10.6 Å². The van der Waals surface area contributed by atoms with Gasteiger partial charge in [-0.25, -0.2) is 0 Å². The monoisotopic (exact) mass is 435 g/mol. The summed E-state index contributed by atoms with van der Waals surface area (Å²) in [6.45, 7) is 1.76. The largest absolute Gasteiger partial charge is 0.457 e. The Kier molecular flexibility index (Phi) is 6.30. The summed E-state index contributed by atoms with van der Waals surface area (Å²) in [5.74, 6) is 1.22. The zero-order chi connectivity index (χ0) is 19.9. The molecule has 0 unspecified atom stereocenters. The molecule has 0 aliphatic heterocycles. The molecule has 140 valence electrons. The first-order valence-electron chi connectivity index (χ1n) is 8.65. The Morgan fingerprint density at radius 2 is 1.61 bits per heavy atom. The molecule has 0 spiro atoms. The fraction of sp³-hybridized carbons (Fsp3) is 0.0909. The van der Waals surface area contributed by atoms with Crippen molar-refractivity contribution in [2.24, 2.45) is 0 Å². The van der Waals surface area contributed by atoms with Crippen LogP contribution in [0.3, 0.4) is 0 Å². The van der Waals surface area contributed by atoms with E-state index in [1.165, 1.54) is 0 Å². The Hall–Kier alpha value is -3.30. The van der Waals surface area contributed by atoms with Gasteiger partial charge in [0.25, 0.3) is 0 Å². The zero-order valence-corrected chi connectivity index (χ0v) is 16.7. The summed E-state index contributed by atoms with van der Waals surface area (Å²) in [5.41, 5.74) is 1.72. The molecule has 3 aromatic carbocycles. The number of benzene rings is 3. The van der Waals surface area contributed by atoms with E-state index in [9.17, 15) is 4.79 Å². The van der Waals surface area contributed by atoms with E-state index >= 15 is 0 Å². The number of hydrogen-bond donors (Lipinski definition) is 2. The van der Waals surface area contributed by atoms with Gasteiger partial charge in [-0.1, -0.05) is 28.1 Å². The number of anilines is 2. The molecule has 0 aliphatic rings. The highest BCUT2D eigenvalue weighted by atomic mass is 79.9. The molecule has 0 saturated carbocycles. The van der Waals surface area contributed by atoms with Gasteiger partial charge in [0, 0.05) is 10.2 Å². The maximum atomic E-state index is 12.4. The van der Waals surface area contributed by atoms with E-state index in [2.05, 4.69) is 32.6 Å². The third kappa shape index (κ3) is 5.12. The predicted molar refractivity (Wildman–Crippen MR) is 114 cm³/mol. The summed E-state index contributed by atoms with van der Waals surface area (Å²) in [6.07, 6.45) is 0. The summed E-state index contributed by atoms with van der Waals surface area (Å²) in [5, 5.41) is 15.0. The molecule has 0 bridgehead atoms. The van der Waals surface area contributed by atoms with E-state index < -0.39 is 6.04 Å². The second-order valence-electron chi connectivity index (χ2n) is 6.09. The lowest BCUT2D eigenvalue weighted by atomic mass is 10.2. The van der Waals surface area contributed by atoms with Gasteiger partial charge in [-0.15, -0.1) is 0 Å². The Morgan fingerprint density at radius 1 is 1.00 bits per heavy atom. The summed E-state index contributed by atoms with van der Waals surface area (Å²) >= 11 is 3.39. The first-order chi connectivity index (χ1) is 13.5. The number of nitrogens with zero attached hydrogens (tertiary/aromatic N) is 1. The van der Waals surface area contributed by atoms with Crippen LogP contribution in [0.25, 0.3) is 0 Å². The fourth-order valence-corrected chi connectivity index (χ4v) is 2.77. The number of amides is 1. The highest BCUT2D eigenvalue weighted by Gasteiger charge is 2.14. The van der Waals surface area contributed by atoms with Crippen molar-refractivity contribution in [1.82, 2.24) is 0 Å². The van der Waals surface area contributed by atoms with Gasteiger partial charge in [-0.2, -0.15) is 5.26 Å². The molecule has 0 aromatic heterocycles. The van der Waals surface area contributed by atoms with Gasteiger partial charge < -0.3 is 15.4 Å². The van der Waals surface area contributed by atoms with Gasteiger partial charge >= 0.3 is 0 Å². The normalized spacial score (nSPS) is 11.2. The van der Waals surface area contributed by atoms with Crippen molar-refractivity contribution in [3.63, 3.8) is 0 Å². The summed E-state index contributed by atoms with van der Waals surface area (Å²) < 4.78 is 6.78. The summed E-state index contributed by atoms with van der Waals surface area (Å²) in [6, 6.07) is 23.4. The third-order valence-electron chi connectivity index (χ3n) is 3.99. The van der Waals surface area contributed by atoms with Crippen molar-refractivity contribution in [3.05, 3.63) is 82.8 Å². The van der Waals surface area contributed by atoms with Crippen LogP contribution in [0.4, 0.5) is 11.4 Å². The van der Waals surface area contributed by atoms with Crippen LogP contribution in [0.5, 0.6) is 11.5 Å². The average molecular weight is 436 g/mol. The van der Waals surface area contributed by atoms with Gasteiger partial charge in [0.15, 0.2) is 0 Å². The quantitative estimate of drug-likeness (QED) is 0.531. The molecule has 1 atom stereocenters. The van der Waals surface area contributed by atoms with Crippen LogP contribution in [0.15, 0.2) is 77.3 Å². The molecule has 0 fully saturated rings. The summed E-state index contributed by atoms with van der Waals surface area (Å²) in [4.78, 5) is 12.4. The minimum Gasteiger partial charge on any atom is -0.457 e. The van der Waals surface area contributed by atoms with E-state index in [1.807, 2.05) is 48.5 Å². The number of carbonyl (C=O) groups excluding carboxylic acids is 1.